The molecule has 0 aromatic heterocycles. The van der Waals surface area contributed by atoms with Crippen LogP contribution in [0.3, 0.4) is 0 Å². The van der Waals surface area contributed by atoms with E-state index < -0.39 is 0 Å². The van der Waals surface area contributed by atoms with Crippen LogP contribution in [-0.2, 0) is 11.3 Å². The van der Waals surface area contributed by atoms with Crippen molar-refractivity contribution in [2.24, 2.45) is 0 Å². The third-order valence-corrected chi connectivity index (χ3v) is 3.78. The van der Waals surface area contributed by atoms with Gasteiger partial charge >= 0.3 is 6.09 Å². The SMILES string of the molecule is CCN(CC)CCOC(=O)NCc1c(C)cc(C)cc1C. The molecule has 0 atom stereocenters. The fourth-order valence-corrected chi connectivity index (χ4v) is 2.51. The van der Waals surface area contributed by atoms with E-state index in [2.05, 4.69) is 57.0 Å². The van der Waals surface area contributed by atoms with E-state index in [0.717, 1.165) is 19.6 Å². The lowest BCUT2D eigenvalue weighted by Crippen LogP contribution is -2.31. The number of rotatable bonds is 7. The highest BCUT2D eigenvalue weighted by Gasteiger charge is 2.07. The Kier molecular flexibility index (Phi) is 7.23. The summed E-state index contributed by atoms with van der Waals surface area (Å²) in [5, 5.41) is 2.83. The number of alkyl carbamates (subject to hydrolysis) is 1. The highest BCUT2D eigenvalue weighted by Crippen LogP contribution is 2.15. The summed E-state index contributed by atoms with van der Waals surface area (Å²) in [5.74, 6) is 0. The molecular formula is C17H28N2O2. The molecule has 0 bridgehead atoms. The van der Waals surface area contributed by atoms with E-state index >= 15 is 0 Å². The van der Waals surface area contributed by atoms with E-state index in [1.54, 1.807) is 0 Å². The monoisotopic (exact) mass is 292 g/mol. The van der Waals surface area contributed by atoms with Crippen LogP contribution in [0.5, 0.6) is 0 Å². The highest BCUT2D eigenvalue weighted by atomic mass is 16.5. The Bertz CT molecular complexity index is 445. The van der Waals surface area contributed by atoms with E-state index in [-0.39, 0.29) is 6.09 Å². The van der Waals surface area contributed by atoms with Crippen LogP contribution in [0.4, 0.5) is 4.79 Å². The van der Waals surface area contributed by atoms with E-state index in [4.69, 9.17) is 4.74 Å². The van der Waals surface area contributed by atoms with Crippen molar-refractivity contribution in [3.63, 3.8) is 0 Å². The summed E-state index contributed by atoms with van der Waals surface area (Å²) in [6.45, 7) is 14.1. The number of benzene rings is 1. The zero-order chi connectivity index (χ0) is 15.8. The lowest BCUT2D eigenvalue weighted by Gasteiger charge is -2.18. The Balaban J connectivity index is 2.40. The van der Waals surface area contributed by atoms with Crippen molar-refractivity contribution >= 4 is 6.09 Å². The molecule has 0 fully saturated rings. The van der Waals surface area contributed by atoms with Gasteiger partial charge in [-0.2, -0.15) is 0 Å². The molecule has 0 aliphatic rings. The zero-order valence-electron chi connectivity index (χ0n) is 14.0. The van der Waals surface area contributed by atoms with Crippen molar-refractivity contribution in [1.29, 1.82) is 0 Å². The van der Waals surface area contributed by atoms with Gasteiger partial charge < -0.3 is 15.0 Å². The molecule has 1 aromatic rings. The maximum absolute atomic E-state index is 11.7. The number of nitrogens with zero attached hydrogens (tertiary/aromatic N) is 1. The minimum atomic E-state index is -0.346. The summed E-state index contributed by atoms with van der Waals surface area (Å²) >= 11 is 0. The third-order valence-electron chi connectivity index (χ3n) is 3.78. The lowest BCUT2D eigenvalue weighted by atomic mass is 10.00. The lowest BCUT2D eigenvalue weighted by molar-refractivity contribution is 0.129. The number of hydrogen-bond acceptors (Lipinski definition) is 3. The molecule has 0 heterocycles. The minimum Gasteiger partial charge on any atom is -0.448 e. The standard InChI is InChI=1S/C17H28N2O2/c1-6-19(7-2)8-9-21-17(20)18-12-16-14(4)10-13(3)11-15(16)5/h10-11H,6-9,12H2,1-5H3,(H,18,20). The summed E-state index contributed by atoms with van der Waals surface area (Å²) in [6.07, 6.45) is -0.346. The van der Waals surface area contributed by atoms with E-state index in [9.17, 15) is 4.79 Å². The molecule has 4 heteroatoms. The maximum atomic E-state index is 11.7. The van der Waals surface area contributed by atoms with Crippen LogP contribution in [0.2, 0.25) is 0 Å². The van der Waals surface area contributed by atoms with Gasteiger partial charge in [-0.1, -0.05) is 31.5 Å². The molecule has 0 saturated heterocycles. The zero-order valence-corrected chi connectivity index (χ0v) is 14.0. The normalized spacial score (nSPS) is 10.8. The second kappa shape index (κ2) is 8.67. The molecule has 4 nitrogen and oxygen atoms in total. The summed E-state index contributed by atoms with van der Waals surface area (Å²) in [4.78, 5) is 13.9. The minimum absolute atomic E-state index is 0.346. The van der Waals surface area contributed by atoms with Crippen LogP contribution in [0.15, 0.2) is 12.1 Å². The van der Waals surface area contributed by atoms with Crippen LogP contribution < -0.4 is 5.32 Å². The van der Waals surface area contributed by atoms with E-state index in [1.165, 1.54) is 22.3 Å². The van der Waals surface area contributed by atoms with Crippen LogP contribution in [0, 0.1) is 20.8 Å². The molecule has 21 heavy (non-hydrogen) atoms. The van der Waals surface area contributed by atoms with E-state index in [0.29, 0.717) is 13.2 Å². The van der Waals surface area contributed by atoms with Crippen molar-refractivity contribution in [3.8, 4) is 0 Å². The molecule has 0 radical (unpaired) electrons. The molecule has 1 N–H and O–H groups in total. The van der Waals surface area contributed by atoms with Gasteiger partial charge in [0.15, 0.2) is 0 Å². The molecule has 0 aliphatic heterocycles. The molecule has 0 spiro atoms. The Morgan fingerprint density at radius 3 is 2.24 bits per heavy atom. The van der Waals surface area contributed by atoms with Gasteiger partial charge in [-0.05, 0) is 50.6 Å². The molecule has 1 aromatic carbocycles. The largest absolute Gasteiger partial charge is 0.448 e. The molecular weight excluding hydrogens is 264 g/mol. The number of ether oxygens (including phenoxy) is 1. The molecule has 1 amide bonds. The third kappa shape index (κ3) is 5.76. The summed E-state index contributed by atoms with van der Waals surface area (Å²) in [6, 6.07) is 4.27. The topological polar surface area (TPSA) is 41.6 Å². The fourth-order valence-electron chi connectivity index (χ4n) is 2.51. The smallest absolute Gasteiger partial charge is 0.407 e. The fraction of sp³-hybridized carbons (Fsp3) is 0.588. The molecule has 118 valence electrons. The predicted molar refractivity (Wildman–Crippen MR) is 86.6 cm³/mol. The number of amides is 1. The van der Waals surface area contributed by atoms with Crippen molar-refractivity contribution in [2.75, 3.05) is 26.2 Å². The van der Waals surface area contributed by atoms with Crippen LogP contribution in [0.1, 0.15) is 36.1 Å². The summed E-state index contributed by atoms with van der Waals surface area (Å²) < 4.78 is 5.21. The van der Waals surface area contributed by atoms with Gasteiger partial charge in [0, 0.05) is 13.1 Å². The highest BCUT2D eigenvalue weighted by molar-refractivity contribution is 5.67. The average Bonchev–Trinajstić information content (AvgIpc) is 2.42. The van der Waals surface area contributed by atoms with Crippen molar-refractivity contribution in [2.45, 2.75) is 41.2 Å². The molecule has 1 rings (SSSR count). The molecule has 0 saturated carbocycles. The number of hydrogen-bond donors (Lipinski definition) is 1. The summed E-state index contributed by atoms with van der Waals surface area (Å²) in [7, 11) is 0. The van der Waals surface area contributed by atoms with Gasteiger partial charge in [-0.3, -0.25) is 0 Å². The Hall–Kier alpha value is -1.55. The van der Waals surface area contributed by atoms with Crippen LogP contribution >= 0.6 is 0 Å². The van der Waals surface area contributed by atoms with Gasteiger partial charge in [0.05, 0.1) is 0 Å². The number of likely N-dealkylation sites (N-methyl/N-ethyl adjacent to an activating group) is 1. The number of carbonyl (C=O) groups excluding carboxylic acids is 1. The first-order chi connectivity index (χ1) is 9.97. The Morgan fingerprint density at radius 1 is 1.14 bits per heavy atom. The van der Waals surface area contributed by atoms with Crippen molar-refractivity contribution in [1.82, 2.24) is 10.2 Å². The first kappa shape index (κ1) is 17.5. The average molecular weight is 292 g/mol. The Morgan fingerprint density at radius 2 is 1.71 bits per heavy atom. The van der Waals surface area contributed by atoms with Gasteiger partial charge in [-0.25, -0.2) is 4.79 Å². The van der Waals surface area contributed by atoms with Gasteiger partial charge in [-0.15, -0.1) is 0 Å². The number of aryl methyl sites for hydroxylation is 3. The number of nitrogens with one attached hydrogen (secondary N) is 1. The first-order valence-corrected chi connectivity index (χ1v) is 7.67. The molecule has 0 aliphatic carbocycles. The molecule has 0 unspecified atom stereocenters. The first-order valence-electron chi connectivity index (χ1n) is 7.67. The van der Waals surface area contributed by atoms with Crippen LogP contribution in [-0.4, -0.2) is 37.2 Å². The van der Waals surface area contributed by atoms with Crippen LogP contribution in [0.25, 0.3) is 0 Å². The summed E-state index contributed by atoms with van der Waals surface area (Å²) in [5.41, 5.74) is 4.82. The maximum Gasteiger partial charge on any atom is 0.407 e. The second-order valence-corrected chi connectivity index (χ2v) is 5.39. The second-order valence-electron chi connectivity index (χ2n) is 5.39. The van der Waals surface area contributed by atoms with Gasteiger partial charge in [0.1, 0.15) is 6.61 Å². The van der Waals surface area contributed by atoms with E-state index in [1.807, 2.05) is 0 Å². The van der Waals surface area contributed by atoms with Crippen molar-refractivity contribution in [3.05, 3.63) is 34.4 Å². The quantitative estimate of drug-likeness (QED) is 0.839. The number of carbonyl (C=O) groups is 1. The van der Waals surface area contributed by atoms with Crippen molar-refractivity contribution < 1.29 is 9.53 Å². The van der Waals surface area contributed by atoms with Gasteiger partial charge in [0.25, 0.3) is 0 Å². The van der Waals surface area contributed by atoms with Gasteiger partial charge in [0.2, 0.25) is 0 Å². The Labute approximate surface area is 128 Å². The predicted octanol–water partition coefficient (Wildman–Crippen LogP) is 3.18.